The molecule has 0 aromatic rings. The Labute approximate surface area is 75.2 Å². The summed E-state index contributed by atoms with van der Waals surface area (Å²) in [7, 11) is 0. The third kappa shape index (κ3) is 2.75. The van der Waals surface area contributed by atoms with Crippen molar-refractivity contribution < 1.29 is 43.9 Å². The Balaban J connectivity index is 5.44. The lowest BCUT2D eigenvalue weighted by atomic mass is 10.2. The van der Waals surface area contributed by atoms with Crippen molar-refractivity contribution in [1.82, 2.24) is 0 Å². The van der Waals surface area contributed by atoms with Gasteiger partial charge in [-0.15, -0.1) is 0 Å². The number of hydrogen-bond donors (Lipinski definition) is 0. The van der Waals surface area contributed by atoms with Gasteiger partial charge in [0, 0.05) is 0 Å². The summed E-state index contributed by atoms with van der Waals surface area (Å²) < 4.78 is 115. The quantitative estimate of drug-likeness (QED) is 0.619. The van der Waals surface area contributed by atoms with Crippen molar-refractivity contribution in [3.8, 4) is 0 Å². The van der Waals surface area contributed by atoms with E-state index in [9.17, 15) is 43.9 Å². The molecule has 0 saturated carbocycles. The van der Waals surface area contributed by atoms with Crippen molar-refractivity contribution in [2.75, 3.05) is 0 Å². The molecule has 0 aromatic carbocycles. The van der Waals surface area contributed by atoms with Crippen LogP contribution in [-0.4, -0.2) is 18.3 Å². The van der Waals surface area contributed by atoms with Gasteiger partial charge in [-0.25, -0.2) is 4.39 Å². The van der Waals surface area contributed by atoms with E-state index >= 15 is 0 Å². The van der Waals surface area contributed by atoms with Crippen LogP contribution in [-0.2, 0) is 0 Å². The van der Waals surface area contributed by atoms with Gasteiger partial charge in [-0.3, -0.25) is 0 Å². The minimum absolute atomic E-state index is 4.11. The summed E-state index contributed by atoms with van der Waals surface area (Å²) >= 11 is 0. The van der Waals surface area contributed by atoms with E-state index in [2.05, 4.69) is 0 Å². The molecule has 0 amide bonds. The first-order chi connectivity index (χ1) is 6.32. The van der Waals surface area contributed by atoms with Crippen LogP contribution in [0.3, 0.4) is 0 Å². The molecule has 15 heavy (non-hydrogen) atoms. The zero-order chi connectivity index (χ0) is 12.7. The molecule has 0 aliphatic heterocycles. The van der Waals surface area contributed by atoms with Gasteiger partial charge in [0.15, 0.2) is 0 Å². The van der Waals surface area contributed by atoms with Crippen molar-refractivity contribution in [2.45, 2.75) is 18.3 Å². The number of rotatable bonds is 1. The Morgan fingerprint density at radius 1 is 0.600 bits per heavy atom. The first-order valence-corrected chi connectivity index (χ1v) is 2.89. The minimum Gasteiger partial charge on any atom is -0.201 e. The molecule has 0 saturated heterocycles. The number of halogens is 10. The van der Waals surface area contributed by atoms with Crippen molar-refractivity contribution in [2.24, 2.45) is 0 Å². The number of allylic oxidation sites excluding steroid dienone is 2. The summed E-state index contributed by atoms with van der Waals surface area (Å²) in [5.74, 6) is -14.8. The highest BCUT2D eigenvalue weighted by atomic mass is 19.4. The molecule has 0 atom stereocenters. The predicted molar refractivity (Wildman–Crippen MR) is 26.3 cm³/mol. The van der Waals surface area contributed by atoms with E-state index in [-0.39, 0.29) is 0 Å². The fourth-order valence-electron chi connectivity index (χ4n) is 0.387. The lowest BCUT2D eigenvalue weighted by Gasteiger charge is -2.18. The largest absolute Gasteiger partial charge is 0.460 e. The van der Waals surface area contributed by atoms with Gasteiger partial charge in [-0.2, -0.15) is 39.5 Å². The molecule has 0 nitrogen and oxygen atoms in total. The van der Waals surface area contributed by atoms with E-state index in [0.29, 0.717) is 0 Å². The molecule has 0 aliphatic carbocycles. The molecule has 0 rings (SSSR count). The van der Waals surface area contributed by atoms with Gasteiger partial charge in [-0.1, -0.05) is 0 Å². The summed E-state index contributed by atoms with van der Waals surface area (Å²) in [6.07, 6.45) is -12.9. The zero-order valence-corrected chi connectivity index (χ0v) is 6.28. The second-order valence-corrected chi connectivity index (χ2v) is 2.20. The summed E-state index contributed by atoms with van der Waals surface area (Å²) in [5, 5.41) is 0. The van der Waals surface area contributed by atoms with Crippen molar-refractivity contribution >= 4 is 0 Å². The van der Waals surface area contributed by atoms with Gasteiger partial charge >= 0.3 is 18.3 Å². The van der Waals surface area contributed by atoms with Crippen molar-refractivity contribution in [1.29, 1.82) is 0 Å². The maximum absolute atomic E-state index is 11.9. The summed E-state index contributed by atoms with van der Waals surface area (Å²) in [4.78, 5) is 0. The Kier molecular flexibility index (Phi) is 3.33. The van der Waals surface area contributed by atoms with E-state index in [0.717, 1.165) is 0 Å². The number of alkyl halides is 8. The van der Waals surface area contributed by atoms with Gasteiger partial charge in [0.05, 0.1) is 0 Å². The lowest BCUT2D eigenvalue weighted by molar-refractivity contribution is -0.272. The molecule has 0 aliphatic rings. The van der Waals surface area contributed by atoms with Gasteiger partial charge < -0.3 is 0 Å². The van der Waals surface area contributed by atoms with Gasteiger partial charge in [0.1, 0.15) is 0 Å². The van der Waals surface area contributed by atoms with Crippen LogP contribution in [0.5, 0.6) is 0 Å². The molecule has 0 radical (unpaired) electrons. The predicted octanol–water partition coefficient (Wildman–Crippen LogP) is 3.90. The van der Waals surface area contributed by atoms with Crippen LogP contribution in [0, 0.1) is 0 Å². The van der Waals surface area contributed by atoms with Crippen LogP contribution < -0.4 is 0 Å². The Bertz CT molecular complexity index is 265. The van der Waals surface area contributed by atoms with Crippen LogP contribution in [0.25, 0.3) is 0 Å². The fraction of sp³-hybridized carbons (Fsp3) is 0.600. The van der Waals surface area contributed by atoms with Crippen LogP contribution in [0.15, 0.2) is 11.7 Å². The van der Waals surface area contributed by atoms with Gasteiger partial charge in [0.25, 0.3) is 0 Å². The van der Waals surface area contributed by atoms with Crippen LogP contribution in [0.4, 0.5) is 43.9 Å². The molecular weight excluding hydrogens is 250 g/mol. The topological polar surface area (TPSA) is 0 Å². The molecule has 10 heteroatoms. The van der Waals surface area contributed by atoms with E-state index < -0.39 is 29.9 Å². The Morgan fingerprint density at radius 2 is 0.933 bits per heavy atom. The molecule has 0 fully saturated rings. The average molecular weight is 250 g/mol. The van der Waals surface area contributed by atoms with Gasteiger partial charge in [0.2, 0.25) is 11.7 Å². The molecule has 0 spiro atoms. The molecule has 0 heterocycles. The van der Waals surface area contributed by atoms with Crippen LogP contribution >= 0.6 is 0 Å². The second kappa shape index (κ2) is 3.56. The maximum atomic E-state index is 11.9. The minimum atomic E-state index is -6.64. The normalized spacial score (nSPS) is 16.4. The highest BCUT2D eigenvalue weighted by Crippen LogP contribution is 2.45. The number of hydrogen-bond acceptors (Lipinski definition) is 0. The fourth-order valence-corrected chi connectivity index (χ4v) is 0.387. The second-order valence-electron chi connectivity index (χ2n) is 2.20. The highest BCUT2D eigenvalue weighted by Gasteiger charge is 2.64. The first-order valence-electron chi connectivity index (χ1n) is 2.89. The van der Waals surface area contributed by atoms with Crippen molar-refractivity contribution in [3.63, 3.8) is 0 Å². The Morgan fingerprint density at radius 3 is 1.13 bits per heavy atom. The monoisotopic (exact) mass is 250 g/mol. The summed E-state index contributed by atoms with van der Waals surface area (Å²) in [6, 6.07) is 0. The SMILES string of the molecule is F/C(=C(\F)C(F)(F)C(F)(F)F)C(F)(F)F. The maximum Gasteiger partial charge on any atom is 0.460 e. The average Bonchev–Trinajstić information content (AvgIpc) is 1.97. The lowest BCUT2D eigenvalue weighted by Crippen LogP contribution is -2.38. The molecule has 90 valence electrons. The smallest absolute Gasteiger partial charge is 0.201 e. The van der Waals surface area contributed by atoms with E-state index in [4.69, 9.17) is 0 Å². The molecule has 0 N–H and O–H groups in total. The molecule has 0 unspecified atom stereocenters. The molecule has 0 bridgehead atoms. The van der Waals surface area contributed by atoms with Crippen molar-refractivity contribution in [3.05, 3.63) is 11.7 Å². The third-order valence-corrected chi connectivity index (χ3v) is 1.07. The summed E-state index contributed by atoms with van der Waals surface area (Å²) in [5.41, 5.74) is 0. The van der Waals surface area contributed by atoms with Crippen LogP contribution in [0.1, 0.15) is 0 Å². The standard InChI is InChI=1S/C5F10/c6-1(2(7)4(10,11)12)3(8,9)5(13,14)15/b2-1-. The van der Waals surface area contributed by atoms with Crippen LogP contribution in [0.2, 0.25) is 0 Å². The third-order valence-electron chi connectivity index (χ3n) is 1.07. The zero-order valence-electron chi connectivity index (χ0n) is 6.28. The van der Waals surface area contributed by atoms with Gasteiger partial charge in [-0.05, 0) is 0 Å². The van der Waals surface area contributed by atoms with E-state index in [1.54, 1.807) is 0 Å². The van der Waals surface area contributed by atoms with E-state index in [1.165, 1.54) is 0 Å². The first kappa shape index (κ1) is 14.0. The Hall–Kier alpha value is -0.960. The van der Waals surface area contributed by atoms with E-state index in [1.807, 2.05) is 0 Å². The summed E-state index contributed by atoms with van der Waals surface area (Å²) in [6.45, 7) is 0. The molecular formula is C5F10. The highest BCUT2D eigenvalue weighted by molar-refractivity contribution is 5.15. The molecule has 0 aromatic heterocycles.